The van der Waals surface area contributed by atoms with Crippen molar-refractivity contribution >= 4 is 10.9 Å². The molecule has 0 N–H and O–H groups in total. The molecule has 3 aromatic carbocycles. The average molecular weight is 343 g/mol. The van der Waals surface area contributed by atoms with Crippen LogP contribution in [0.25, 0.3) is 22.2 Å². The van der Waals surface area contributed by atoms with Crippen LogP contribution in [-0.2, 0) is 6.61 Å². The maximum atomic E-state index is 14.1. The van der Waals surface area contributed by atoms with Crippen molar-refractivity contribution in [1.29, 1.82) is 0 Å². The average Bonchev–Trinajstić information content (AvgIpc) is 2.67. The first kappa shape index (κ1) is 16.3. The fourth-order valence-corrected chi connectivity index (χ4v) is 3.00. The lowest BCUT2D eigenvalue weighted by Gasteiger charge is -2.12. The fraction of sp³-hybridized carbons (Fsp3) is 0.0870. The topological polar surface area (TPSA) is 22.1 Å². The molecule has 0 aliphatic carbocycles. The third-order valence-corrected chi connectivity index (χ3v) is 4.34. The molecule has 26 heavy (non-hydrogen) atoms. The molecular formula is C23H18FNO. The van der Waals surface area contributed by atoms with E-state index in [1.165, 1.54) is 6.07 Å². The third-order valence-electron chi connectivity index (χ3n) is 4.34. The van der Waals surface area contributed by atoms with Crippen LogP contribution in [0, 0.1) is 12.7 Å². The number of benzene rings is 3. The van der Waals surface area contributed by atoms with Crippen LogP contribution in [0.3, 0.4) is 0 Å². The van der Waals surface area contributed by atoms with Gasteiger partial charge >= 0.3 is 0 Å². The highest BCUT2D eigenvalue weighted by Crippen LogP contribution is 2.26. The molecule has 3 heteroatoms. The Kier molecular flexibility index (Phi) is 4.36. The van der Waals surface area contributed by atoms with E-state index < -0.39 is 0 Å². The summed E-state index contributed by atoms with van der Waals surface area (Å²) < 4.78 is 19.8. The highest BCUT2D eigenvalue weighted by Gasteiger charge is 2.10. The van der Waals surface area contributed by atoms with Gasteiger partial charge in [0.1, 0.15) is 6.61 Å². The Hall–Kier alpha value is -3.20. The number of halogens is 1. The van der Waals surface area contributed by atoms with Gasteiger partial charge in [-0.25, -0.2) is 9.37 Å². The number of pyridine rings is 1. The summed E-state index contributed by atoms with van der Waals surface area (Å²) in [7, 11) is 0. The number of aromatic nitrogens is 1. The lowest BCUT2D eigenvalue weighted by atomic mass is 10.0. The van der Waals surface area contributed by atoms with Gasteiger partial charge in [-0.15, -0.1) is 0 Å². The van der Waals surface area contributed by atoms with E-state index in [1.54, 1.807) is 6.07 Å². The summed E-state index contributed by atoms with van der Waals surface area (Å²) >= 11 is 0. The van der Waals surface area contributed by atoms with Gasteiger partial charge in [0.15, 0.2) is 11.6 Å². The molecule has 2 nitrogen and oxygen atoms in total. The normalized spacial score (nSPS) is 10.8. The summed E-state index contributed by atoms with van der Waals surface area (Å²) in [5, 5.41) is 1.01. The number of ether oxygens (including phenoxy) is 1. The first-order valence-electron chi connectivity index (χ1n) is 8.54. The van der Waals surface area contributed by atoms with E-state index in [-0.39, 0.29) is 18.2 Å². The minimum Gasteiger partial charge on any atom is -0.486 e. The summed E-state index contributed by atoms with van der Waals surface area (Å²) in [6, 6.07) is 25.0. The van der Waals surface area contributed by atoms with Gasteiger partial charge in [0.2, 0.25) is 0 Å². The first-order valence-corrected chi connectivity index (χ1v) is 8.54. The number of nitrogens with zero attached hydrogens (tertiary/aromatic N) is 1. The van der Waals surface area contributed by atoms with E-state index in [9.17, 15) is 4.39 Å². The molecule has 0 fully saturated rings. The summed E-state index contributed by atoms with van der Waals surface area (Å²) in [6.07, 6.45) is 0. The minimum absolute atomic E-state index is 0.262. The van der Waals surface area contributed by atoms with Gasteiger partial charge in [-0.3, -0.25) is 0 Å². The second kappa shape index (κ2) is 6.96. The zero-order chi connectivity index (χ0) is 17.9. The summed E-state index contributed by atoms with van der Waals surface area (Å²) in [5.41, 5.74) is 4.68. The Morgan fingerprint density at radius 2 is 1.65 bits per heavy atom. The number of aryl methyl sites for hydroxylation is 1. The van der Waals surface area contributed by atoms with Crippen molar-refractivity contribution in [3.63, 3.8) is 0 Å². The van der Waals surface area contributed by atoms with E-state index >= 15 is 0 Å². The predicted octanol–water partition coefficient (Wildman–Crippen LogP) is 5.93. The van der Waals surface area contributed by atoms with Crippen molar-refractivity contribution in [3.8, 4) is 17.0 Å². The standard InChI is InChI=1S/C23H18FNO/c1-16-11-12-23(20(24)13-16)26-15-18-14-22(17-7-3-2-4-8-17)25-21-10-6-5-9-19(18)21/h2-14H,15H2,1H3. The van der Waals surface area contributed by atoms with Gasteiger partial charge in [-0.2, -0.15) is 0 Å². The molecule has 0 aliphatic rings. The molecule has 0 saturated carbocycles. The highest BCUT2D eigenvalue weighted by molar-refractivity contribution is 5.85. The molecule has 1 aromatic heterocycles. The molecule has 0 radical (unpaired) electrons. The molecule has 0 bridgehead atoms. The zero-order valence-electron chi connectivity index (χ0n) is 14.4. The van der Waals surface area contributed by atoms with Gasteiger partial charge in [-0.1, -0.05) is 54.6 Å². The van der Waals surface area contributed by atoms with Gasteiger partial charge in [0.05, 0.1) is 11.2 Å². The summed E-state index contributed by atoms with van der Waals surface area (Å²) in [4.78, 5) is 4.76. The van der Waals surface area contributed by atoms with E-state index in [0.717, 1.165) is 33.3 Å². The number of hydrogen-bond donors (Lipinski definition) is 0. The van der Waals surface area contributed by atoms with Gasteiger partial charge in [-0.05, 0) is 36.8 Å². The molecule has 4 rings (SSSR count). The Labute approximate surface area is 151 Å². The lowest BCUT2D eigenvalue weighted by Crippen LogP contribution is -2.00. The van der Waals surface area contributed by atoms with E-state index in [0.29, 0.717) is 0 Å². The lowest BCUT2D eigenvalue weighted by molar-refractivity contribution is 0.291. The van der Waals surface area contributed by atoms with Crippen LogP contribution in [0.2, 0.25) is 0 Å². The largest absolute Gasteiger partial charge is 0.486 e. The highest BCUT2D eigenvalue weighted by atomic mass is 19.1. The van der Waals surface area contributed by atoms with E-state index in [1.807, 2.05) is 73.7 Å². The maximum absolute atomic E-state index is 14.1. The van der Waals surface area contributed by atoms with E-state index in [2.05, 4.69) is 0 Å². The number of rotatable bonds is 4. The van der Waals surface area contributed by atoms with Gasteiger partial charge in [0, 0.05) is 16.5 Å². The summed E-state index contributed by atoms with van der Waals surface area (Å²) in [6.45, 7) is 2.14. The molecule has 4 aromatic rings. The molecule has 0 spiro atoms. The maximum Gasteiger partial charge on any atom is 0.165 e. The molecular weight excluding hydrogens is 325 g/mol. The molecule has 1 heterocycles. The van der Waals surface area contributed by atoms with Crippen molar-refractivity contribution in [1.82, 2.24) is 4.98 Å². The predicted molar refractivity (Wildman–Crippen MR) is 103 cm³/mol. The van der Waals surface area contributed by atoms with Gasteiger partial charge in [0.25, 0.3) is 0 Å². The first-order chi connectivity index (χ1) is 12.7. The summed E-state index contributed by atoms with van der Waals surface area (Å²) in [5.74, 6) is -0.0793. The minimum atomic E-state index is -0.341. The second-order valence-electron chi connectivity index (χ2n) is 6.27. The molecule has 128 valence electrons. The fourth-order valence-electron chi connectivity index (χ4n) is 3.00. The Morgan fingerprint density at radius 1 is 0.885 bits per heavy atom. The third kappa shape index (κ3) is 3.29. The van der Waals surface area contributed by atoms with Crippen LogP contribution in [0.1, 0.15) is 11.1 Å². The van der Waals surface area contributed by atoms with Gasteiger partial charge < -0.3 is 4.74 Å². The van der Waals surface area contributed by atoms with Crippen LogP contribution in [0.15, 0.2) is 78.9 Å². The molecule has 0 atom stereocenters. The SMILES string of the molecule is Cc1ccc(OCc2cc(-c3ccccc3)nc3ccccc23)c(F)c1. The Bertz CT molecular complexity index is 1060. The van der Waals surface area contributed by atoms with Crippen molar-refractivity contribution in [2.45, 2.75) is 13.5 Å². The quantitative estimate of drug-likeness (QED) is 0.458. The van der Waals surface area contributed by atoms with Crippen molar-refractivity contribution in [2.24, 2.45) is 0 Å². The van der Waals surface area contributed by atoms with E-state index in [4.69, 9.17) is 9.72 Å². The molecule has 0 saturated heterocycles. The second-order valence-corrected chi connectivity index (χ2v) is 6.27. The molecule has 0 aliphatic heterocycles. The van der Waals surface area contributed by atoms with Crippen LogP contribution in [0.4, 0.5) is 4.39 Å². The van der Waals surface area contributed by atoms with Crippen LogP contribution in [0.5, 0.6) is 5.75 Å². The number of para-hydroxylation sites is 1. The molecule has 0 unspecified atom stereocenters. The number of hydrogen-bond acceptors (Lipinski definition) is 2. The number of fused-ring (bicyclic) bond motifs is 1. The monoisotopic (exact) mass is 343 g/mol. The van der Waals surface area contributed by atoms with Crippen molar-refractivity contribution < 1.29 is 9.13 Å². The zero-order valence-corrected chi connectivity index (χ0v) is 14.4. The Morgan fingerprint density at radius 3 is 2.46 bits per heavy atom. The van der Waals surface area contributed by atoms with Crippen LogP contribution >= 0.6 is 0 Å². The smallest absolute Gasteiger partial charge is 0.165 e. The Balaban J connectivity index is 1.73. The van der Waals surface area contributed by atoms with Crippen molar-refractivity contribution in [3.05, 3.63) is 95.8 Å². The molecule has 0 amide bonds. The van der Waals surface area contributed by atoms with Crippen LogP contribution < -0.4 is 4.74 Å². The van der Waals surface area contributed by atoms with Crippen LogP contribution in [-0.4, -0.2) is 4.98 Å². The van der Waals surface area contributed by atoms with Crippen molar-refractivity contribution in [2.75, 3.05) is 0 Å².